The predicted molar refractivity (Wildman–Crippen MR) is 154 cm³/mol. The Bertz CT molecular complexity index is 1500. The molecule has 7 nitrogen and oxygen atoms in total. The van der Waals surface area contributed by atoms with Gasteiger partial charge in [-0.05, 0) is 48.0 Å². The molecule has 1 saturated heterocycles. The number of hydrogen-bond acceptors (Lipinski definition) is 4. The van der Waals surface area contributed by atoms with E-state index in [-0.39, 0.29) is 54.0 Å². The number of carbonyl (C=O) groups is 2. The van der Waals surface area contributed by atoms with Crippen molar-refractivity contribution in [1.82, 2.24) is 14.5 Å². The maximum absolute atomic E-state index is 13.4. The average Bonchev–Trinajstić information content (AvgIpc) is 2.93. The first-order valence-electron chi connectivity index (χ1n) is 12.3. The van der Waals surface area contributed by atoms with Gasteiger partial charge in [0.1, 0.15) is 0 Å². The molecule has 206 valence electrons. The number of amides is 2. The van der Waals surface area contributed by atoms with Gasteiger partial charge in [-0.3, -0.25) is 9.59 Å². The molecule has 0 aromatic heterocycles. The number of piperazine rings is 1. The molecule has 1 heterocycles. The van der Waals surface area contributed by atoms with Gasteiger partial charge in [-0.2, -0.15) is 4.31 Å². The van der Waals surface area contributed by atoms with E-state index in [0.717, 1.165) is 5.56 Å². The van der Waals surface area contributed by atoms with Crippen molar-refractivity contribution in [2.24, 2.45) is 0 Å². The Kier molecular flexibility index (Phi) is 8.93. The molecule has 11 heteroatoms. The van der Waals surface area contributed by atoms with Crippen LogP contribution < -0.4 is 5.32 Å². The van der Waals surface area contributed by atoms with Gasteiger partial charge in [0, 0.05) is 43.2 Å². The molecule has 0 radical (unpaired) electrons. The average molecular weight is 609 g/mol. The maximum atomic E-state index is 13.4. The molecule has 1 aliphatic rings. The van der Waals surface area contributed by atoms with Crippen molar-refractivity contribution < 1.29 is 18.0 Å². The minimum Gasteiger partial charge on any atom is -0.351 e. The molecule has 3 aromatic rings. The Hall–Kier alpha value is -2.62. The van der Waals surface area contributed by atoms with E-state index >= 15 is 0 Å². The normalized spacial score (nSPS) is 14.7. The van der Waals surface area contributed by atoms with Crippen molar-refractivity contribution in [2.45, 2.75) is 24.2 Å². The molecule has 0 unspecified atom stereocenters. The quantitative estimate of drug-likeness (QED) is 0.384. The Morgan fingerprint density at radius 2 is 1.51 bits per heavy atom. The number of carbonyl (C=O) groups excluding carboxylic acids is 2. The fraction of sp³-hybridized carbons (Fsp3) is 0.286. The maximum Gasteiger partial charge on any atom is 0.254 e. The fourth-order valence-electron chi connectivity index (χ4n) is 4.36. The third-order valence-corrected chi connectivity index (χ3v) is 9.62. The third kappa shape index (κ3) is 6.58. The highest BCUT2D eigenvalue weighted by Gasteiger charge is 2.32. The van der Waals surface area contributed by atoms with E-state index in [1.807, 2.05) is 19.9 Å². The lowest BCUT2D eigenvalue weighted by Gasteiger charge is -2.34. The van der Waals surface area contributed by atoms with Gasteiger partial charge in [0.25, 0.3) is 11.8 Å². The summed E-state index contributed by atoms with van der Waals surface area (Å²) in [6.07, 6.45) is 0. The van der Waals surface area contributed by atoms with Crippen molar-refractivity contribution in [3.05, 3.63) is 98.5 Å². The third-order valence-electron chi connectivity index (χ3n) is 6.75. The number of nitrogens with zero attached hydrogens (tertiary/aromatic N) is 2. The molecule has 0 saturated carbocycles. The first-order chi connectivity index (χ1) is 18.4. The molecule has 0 spiro atoms. The van der Waals surface area contributed by atoms with Crippen LogP contribution in [0.15, 0.2) is 71.6 Å². The Balaban J connectivity index is 1.43. The molecular weight excluding hydrogens is 581 g/mol. The molecule has 0 aliphatic carbocycles. The second-order valence-electron chi connectivity index (χ2n) is 9.89. The van der Waals surface area contributed by atoms with Gasteiger partial charge in [-0.25, -0.2) is 8.42 Å². The zero-order chi connectivity index (χ0) is 28.4. The van der Waals surface area contributed by atoms with Crippen LogP contribution in [0.3, 0.4) is 0 Å². The van der Waals surface area contributed by atoms with Gasteiger partial charge in [0.15, 0.2) is 0 Å². The van der Waals surface area contributed by atoms with Crippen LogP contribution in [0.1, 0.15) is 40.1 Å². The van der Waals surface area contributed by atoms with Crippen LogP contribution in [0.2, 0.25) is 15.1 Å². The number of halogens is 3. The lowest BCUT2D eigenvalue weighted by Crippen LogP contribution is -2.50. The molecule has 3 aromatic carbocycles. The summed E-state index contributed by atoms with van der Waals surface area (Å²) >= 11 is 18.2. The van der Waals surface area contributed by atoms with Gasteiger partial charge in [-0.15, -0.1) is 0 Å². The number of hydrogen-bond donors (Lipinski definition) is 1. The van der Waals surface area contributed by atoms with Gasteiger partial charge in [-0.1, -0.05) is 72.9 Å². The summed E-state index contributed by atoms with van der Waals surface area (Å²) in [5.74, 6) is -0.710. The van der Waals surface area contributed by atoms with Crippen LogP contribution in [-0.2, 0) is 15.4 Å². The van der Waals surface area contributed by atoms with Crippen molar-refractivity contribution in [3.63, 3.8) is 0 Å². The molecule has 1 fully saturated rings. The molecule has 0 bridgehead atoms. The van der Waals surface area contributed by atoms with Gasteiger partial charge < -0.3 is 10.2 Å². The van der Waals surface area contributed by atoms with Gasteiger partial charge in [0.05, 0.1) is 26.1 Å². The van der Waals surface area contributed by atoms with E-state index in [0.29, 0.717) is 21.6 Å². The second kappa shape index (κ2) is 11.9. The standard InChI is InChI=1S/C28H28Cl3N3O4S/c1-28(2,19-10-11-24(30)25(31)16-19)18-32-26(35)22-8-3-4-9-23(22)27(36)33-12-14-34(15-13-33)39(37,38)21-7-5-6-20(29)17-21/h3-11,16-17H,12-15,18H2,1-2H3,(H,32,35). The molecule has 4 rings (SSSR count). The summed E-state index contributed by atoms with van der Waals surface area (Å²) in [6, 6.07) is 18.1. The molecule has 0 atom stereocenters. The summed E-state index contributed by atoms with van der Waals surface area (Å²) in [5, 5.41) is 4.16. The van der Waals surface area contributed by atoms with Crippen LogP contribution >= 0.6 is 34.8 Å². The highest BCUT2D eigenvalue weighted by molar-refractivity contribution is 7.89. The van der Waals surface area contributed by atoms with Crippen molar-refractivity contribution in [3.8, 4) is 0 Å². The molecule has 1 N–H and O–H groups in total. The molecule has 1 aliphatic heterocycles. The Labute approximate surface area is 243 Å². The molecule has 39 heavy (non-hydrogen) atoms. The first-order valence-corrected chi connectivity index (χ1v) is 14.9. The van der Waals surface area contributed by atoms with Crippen molar-refractivity contribution in [2.75, 3.05) is 32.7 Å². The summed E-state index contributed by atoms with van der Waals surface area (Å²) in [6.45, 7) is 4.89. The predicted octanol–water partition coefficient (Wildman–Crippen LogP) is 5.50. The lowest BCUT2D eigenvalue weighted by molar-refractivity contribution is 0.0693. The minimum absolute atomic E-state index is 0.112. The van der Waals surface area contributed by atoms with E-state index in [2.05, 4.69) is 5.32 Å². The minimum atomic E-state index is -3.74. The van der Waals surface area contributed by atoms with E-state index in [9.17, 15) is 18.0 Å². The number of nitrogens with one attached hydrogen (secondary N) is 1. The van der Waals surface area contributed by atoms with E-state index in [1.165, 1.54) is 16.4 Å². The topological polar surface area (TPSA) is 86.8 Å². The number of sulfonamides is 1. The van der Waals surface area contributed by atoms with E-state index < -0.39 is 15.4 Å². The van der Waals surface area contributed by atoms with Crippen LogP contribution in [0, 0.1) is 0 Å². The van der Waals surface area contributed by atoms with Crippen LogP contribution in [0.5, 0.6) is 0 Å². The van der Waals surface area contributed by atoms with E-state index in [4.69, 9.17) is 34.8 Å². The molecule has 2 amide bonds. The van der Waals surface area contributed by atoms with Crippen molar-refractivity contribution >= 4 is 56.6 Å². The first kappa shape index (κ1) is 29.4. The van der Waals surface area contributed by atoms with Crippen LogP contribution in [0.25, 0.3) is 0 Å². The van der Waals surface area contributed by atoms with E-state index in [1.54, 1.807) is 53.4 Å². The molecular formula is C28H28Cl3N3O4S. The van der Waals surface area contributed by atoms with Gasteiger partial charge in [0.2, 0.25) is 10.0 Å². The second-order valence-corrected chi connectivity index (χ2v) is 13.1. The number of rotatable bonds is 7. The zero-order valence-electron chi connectivity index (χ0n) is 21.5. The monoisotopic (exact) mass is 607 g/mol. The smallest absolute Gasteiger partial charge is 0.254 e. The fourth-order valence-corrected chi connectivity index (χ4v) is 6.38. The summed E-state index contributed by atoms with van der Waals surface area (Å²) in [7, 11) is -3.74. The highest BCUT2D eigenvalue weighted by atomic mass is 35.5. The largest absolute Gasteiger partial charge is 0.351 e. The summed E-state index contributed by atoms with van der Waals surface area (Å²) < 4.78 is 27.4. The highest BCUT2D eigenvalue weighted by Crippen LogP contribution is 2.30. The Morgan fingerprint density at radius 3 is 2.15 bits per heavy atom. The summed E-state index contributed by atoms with van der Waals surface area (Å²) in [5.41, 5.74) is 0.968. The SMILES string of the molecule is CC(C)(CNC(=O)c1ccccc1C(=O)N1CCN(S(=O)(=O)c2cccc(Cl)c2)CC1)c1ccc(Cl)c(Cl)c1. The zero-order valence-corrected chi connectivity index (χ0v) is 24.5. The number of benzene rings is 3. The van der Waals surface area contributed by atoms with Gasteiger partial charge >= 0.3 is 0 Å². The van der Waals surface area contributed by atoms with Crippen LogP contribution in [-0.4, -0.2) is 62.2 Å². The lowest BCUT2D eigenvalue weighted by atomic mass is 9.84. The summed E-state index contributed by atoms with van der Waals surface area (Å²) in [4.78, 5) is 28.3. The van der Waals surface area contributed by atoms with Crippen molar-refractivity contribution in [1.29, 1.82) is 0 Å². The Morgan fingerprint density at radius 1 is 0.846 bits per heavy atom. The van der Waals surface area contributed by atoms with Crippen LogP contribution in [0.4, 0.5) is 0 Å².